The molecule has 0 aromatic heterocycles. The van der Waals surface area contributed by atoms with Gasteiger partial charge >= 0.3 is 6.03 Å². The molecule has 3 aromatic rings. The van der Waals surface area contributed by atoms with Gasteiger partial charge in [-0.05, 0) is 66.4 Å². The summed E-state index contributed by atoms with van der Waals surface area (Å²) in [5, 5.41) is 5.89. The van der Waals surface area contributed by atoms with Crippen LogP contribution >= 0.6 is 0 Å². The van der Waals surface area contributed by atoms with Crippen LogP contribution in [0.25, 0.3) is 0 Å². The van der Waals surface area contributed by atoms with Crippen LogP contribution in [-0.4, -0.2) is 38.2 Å². The molecule has 0 spiro atoms. The number of urea groups is 1. The minimum atomic E-state index is -0.276. The molecule has 1 unspecified atom stereocenters. The van der Waals surface area contributed by atoms with Gasteiger partial charge in [0.1, 0.15) is 5.82 Å². The Morgan fingerprint density at radius 3 is 2.50 bits per heavy atom. The Kier molecular flexibility index (Phi) is 7.33. The van der Waals surface area contributed by atoms with Crippen molar-refractivity contribution in [3.05, 3.63) is 88.7 Å². The number of carbonyl (C=O) groups is 1. The van der Waals surface area contributed by atoms with Gasteiger partial charge in [-0.3, -0.25) is 4.90 Å². The van der Waals surface area contributed by atoms with Crippen LogP contribution in [0.3, 0.4) is 0 Å². The lowest BCUT2D eigenvalue weighted by Crippen LogP contribution is -2.42. The lowest BCUT2D eigenvalue weighted by atomic mass is 9.91. The summed E-state index contributed by atoms with van der Waals surface area (Å²) in [6.07, 6.45) is 0.817. The number of fused-ring (bicyclic) bond motifs is 1. The number of anilines is 1. The topological polar surface area (TPSA) is 62.8 Å². The highest BCUT2D eigenvalue weighted by molar-refractivity contribution is 5.89. The first-order valence-electron chi connectivity index (χ1n) is 11.3. The summed E-state index contributed by atoms with van der Waals surface area (Å²) in [6.45, 7) is 3.72. The highest BCUT2D eigenvalue weighted by atomic mass is 19.1. The van der Waals surface area contributed by atoms with E-state index in [-0.39, 0.29) is 17.9 Å². The molecule has 0 aliphatic carbocycles. The van der Waals surface area contributed by atoms with E-state index in [2.05, 4.69) is 15.5 Å². The average molecular weight is 464 g/mol. The fraction of sp³-hybridized carbons (Fsp3) is 0.296. The SMILES string of the molecule is COc1cc2c(cc1OC)C(CNC(=O)Nc1ccc(C)cc1)N(Cc1cccc(F)c1)CC2. The van der Waals surface area contributed by atoms with E-state index in [1.807, 2.05) is 49.4 Å². The number of methoxy groups -OCH3 is 2. The van der Waals surface area contributed by atoms with Crippen LogP contribution in [-0.2, 0) is 13.0 Å². The number of ether oxygens (including phenoxy) is 2. The van der Waals surface area contributed by atoms with E-state index in [9.17, 15) is 9.18 Å². The summed E-state index contributed by atoms with van der Waals surface area (Å²) in [4.78, 5) is 14.9. The number of hydrogen-bond donors (Lipinski definition) is 2. The molecule has 7 heteroatoms. The third-order valence-electron chi connectivity index (χ3n) is 6.15. The van der Waals surface area contributed by atoms with Crippen molar-refractivity contribution in [2.24, 2.45) is 0 Å². The molecule has 3 aromatic carbocycles. The highest BCUT2D eigenvalue weighted by Crippen LogP contribution is 2.38. The molecule has 0 fully saturated rings. The minimum absolute atomic E-state index is 0.115. The first-order chi connectivity index (χ1) is 16.5. The summed E-state index contributed by atoms with van der Waals surface area (Å²) in [6, 6.07) is 17.9. The van der Waals surface area contributed by atoms with E-state index in [0.717, 1.165) is 40.9 Å². The molecule has 34 heavy (non-hydrogen) atoms. The summed E-state index contributed by atoms with van der Waals surface area (Å²) >= 11 is 0. The number of aryl methyl sites for hydroxylation is 1. The zero-order chi connectivity index (χ0) is 24.1. The molecule has 178 valence electrons. The number of hydrogen-bond acceptors (Lipinski definition) is 4. The van der Waals surface area contributed by atoms with Crippen LogP contribution in [0.4, 0.5) is 14.9 Å². The zero-order valence-corrected chi connectivity index (χ0v) is 19.7. The maximum atomic E-state index is 13.8. The Morgan fingerprint density at radius 1 is 1.06 bits per heavy atom. The van der Waals surface area contributed by atoms with Gasteiger partial charge < -0.3 is 20.1 Å². The maximum absolute atomic E-state index is 13.8. The van der Waals surface area contributed by atoms with E-state index in [1.165, 1.54) is 6.07 Å². The minimum Gasteiger partial charge on any atom is -0.493 e. The van der Waals surface area contributed by atoms with Crippen molar-refractivity contribution in [1.29, 1.82) is 0 Å². The van der Waals surface area contributed by atoms with Gasteiger partial charge in [-0.15, -0.1) is 0 Å². The first-order valence-corrected chi connectivity index (χ1v) is 11.3. The lowest BCUT2D eigenvalue weighted by molar-refractivity contribution is 0.172. The molecule has 1 aliphatic heterocycles. The Labute approximate surface area is 199 Å². The van der Waals surface area contributed by atoms with Gasteiger partial charge in [0.15, 0.2) is 11.5 Å². The maximum Gasteiger partial charge on any atom is 0.319 e. The second-order valence-electron chi connectivity index (χ2n) is 8.47. The highest BCUT2D eigenvalue weighted by Gasteiger charge is 2.29. The quantitative estimate of drug-likeness (QED) is 0.513. The number of nitrogens with zero attached hydrogens (tertiary/aromatic N) is 1. The molecular formula is C27H30FN3O3. The van der Waals surface area contributed by atoms with Gasteiger partial charge in [0, 0.05) is 25.3 Å². The number of amides is 2. The van der Waals surface area contributed by atoms with Crippen LogP contribution in [0.15, 0.2) is 60.7 Å². The van der Waals surface area contributed by atoms with Crippen LogP contribution in [0.5, 0.6) is 11.5 Å². The van der Waals surface area contributed by atoms with Crippen LogP contribution in [0.2, 0.25) is 0 Å². The Bertz CT molecular complexity index is 1150. The van der Waals surface area contributed by atoms with E-state index >= 15 is 0 Å². The van der Waals surface area contributed by atoms with E-state index in [4.69, 9.17) is 9.47 Å². The summed E-state index contributed by atoms with van der Waals surface area (Å²) < 4.78 is 24.8. The van der Waals surface area contributed by atoms with Crippen molar-refractivity contribution in [2.75, 3.05) is 32.6 Å². The number of halogens is 1. The van der Waals surface area contributed by atoms with Gasteiger partial charge in [-0.2, -0.15) is 0 Å². The molecular weight excluding hydrogens is 433 g/mol. The van der Waals surface area contributed by atoms with Gasteiger partial charge in [-0.25, -0.2) is 9.18 Å². The van der Waals surface area contributed by atoms with Gasteiger partial charge in [0.2, 0.25) is 0 Å². The number of benzene rings is 3. The molecule has 0 saturated carbocycles. The summed E-state index contributed by atoms with van der Waals surface area (Å²) in [5.74, 6) is 1.07. The van der Waals surface area contributed by atoms with Crippen molar-refractivity contribution >= 4 is 11.7 Å². The molecule has 0 saturated heterocycles. The van der Waals surface area contributed by atoms with Gasteiger partial charge in [0.25, 0.3) is 0 Å². The fourth-order valence-corrected chi connectivity index (χ4v) is 4.38. The van der Waals surface area contributed by atoms with Crippen molar-refractivity contribution in [2.45, 2.75) is 25.9 Å². The monoisotopic (exact) mass is 463 g/mol. The number of carbonyl (C=O) groups excluding carboxylic acids is 1. The predicted octanol–water partition coefficient (Wildman–Crippen LogP) is 5.07. The number of nitrogens with one attached hydrogen (secondary N) is 2. The van der Waals surface area contributed by atoms with E-state index in [0.29, 0.717) is 24.6 Å². The molecule has 0 radical (unpaired) electrons. The molecule has 1 atom stereocenters. The van der Waals surface area contributed by atoms with E-state index in [1.54, 1.807) is 26.4 Å². The van der Waals surface area contributed by atoms with Crippen molar-refractivity contribution in [1.82, 2.24) is 10.2 Å². The van der Waals surface area contributed by atoms with Crippen LogP contribution in [0, 0.1) is 12.7 Å². The Balaban J connectivity index is 1.57. The third-order valence-corrected chi connectivity index (χ3v) is 6.15. The van der Waals surface area contributed by atoms with Crippen molar-refractivity contribution in [3.63, 3.8) is 0 Å². The molecule has 1 aliphatic rings. The molecule has 2 N–H and O–H groups in total. The second-order valence-corrected chi connectivity index (χ2v) is 8.47. The normalized spacial score (nSPS) is 15.4. The largest absolute Gasteiger partial charge is 0.493 e. The third kappa shape index (κ3) is 5.48. The molecule has 0 bridgehead atoms. The standard InChI is InChI=1S/C27H30FN3O3/c1-18-7-9-22(10-8-18)30-27(32)29-16-24-23-15-26(34-3)25(33-2)14-20(23)11-12-31(24)17-19-5-4-6-21(28)13-19/h4-10,13-15,24H,11-12,16-17H2,1-3H3,(H2,29,30,32). The summed E-state index contributed by atoms with van der Waals surface area (Å²) in [7, 11) is 3.23. The Hall–Kier alpha value is -3.58. The zero-order valence-electron chi connectivity index (χ0n) is 19.7. The molecule has 2 amide bonds. The smallest absolute Gasteiger partial charge is 0.319 e. The number of rotatable bonds is 7. The summed E-state index contributed by atoms with van der Waals surface area (Å²) in [5.41, 5.74) is 4.96. The van der Waals surface area contributed by atoms with Gasteiger partial charge in [-0.1, -0.05) is 29.8 Å². The molecule has 1 heterocycles. The van der Waals surface area contributed by atoms with Crippen molar-refractivity contribution in [3.8, 4) is 11.5 Å². The lowest BCUT2D eigenvalue weighted by Gasteiger charge is -2.38. The van der Waals surface area contributed by atoms with Crippen LogP contribution in [0.1, 0.15) is 28.3 Å². The second kappa shape index (κ2) is 10.6. The van der Waals surface area contributed by atoms with Crippen molar-refractivity contribution < 1.29 is 18.7 Å². The molecule has 4 rings (SSSR count). The predicted molar refractivity (Wildman–Crippen MR) is 131 cm³/mol. The van der Waals surface area contributed by atoms with Crippen LogP contribution < -0.4 is 20.1 Å². The first kappa shape index (κ1) is 23.6. The average Bonchev–Trinajstić information content (AvgIpc) is 2.84. The van der Waals surface area contributed by atoms with Gasteiger partial charge in [0.05, 0.1) is 20.3 Å². The fourth-order valence-electron chi connectivity index (χ4n) is 4.38. The Morgan fingerprint density at radius 2 is 1.79 bits per heavy atom. The van der Waals surface area contributed by atoms with E-state index < -0.39 is 0 Å². The molecule has 6 nitrogen and oxygen atoms in total.